The minimum absolute atomic E-state index is 0.892. The van der Waals surface area contributed by atoms with Gasteiger partial charge in [0, 0.05) is 5.02 Å². The Balaban J connectivity index is 1.49. The maximum absolute atomic E-state index is 7.04. The number of hydrogen-bond acceptors (Lipinski definition) is 8. The Hall–Kier alpha value is 0.490. The summed E-state index contributed by atoms with van der Waals surface area (Å²) in [7, 11) is 0. The van der Waals surface area contributed by atoms with E-state index in [-0.39, 0.29) is 0 Å². The Morgan fingerprint density at radius 1 is 0.537 bits per heavy atom. The number of halogens is 1. The molecule has 0 radical (unpaired) electrons. The molecule has 2 aromatic rings. The minimum Gasteiger partial charge on any atom is -0.118 e. The molecule has 0 aromatic heterocycles. The lowest BCUT2D eigenvalue weighted by Crippen LogP contribution is -2.03. The smallest absolute Gasteiger partial charge is 0.0659 e. The Bertz CT molecular complexity index is 1350. The van der Waals surface area contributed by atoms with Gasteiger partial charge in [0.15, 0.2) is 0 Å². The lowest BCUT2D eigenvalue weighted by molar-refractivity contribution is 1.00. The Labute approximate surface area is 285 Å². The molecule has 0 spiro atoms. The van der Waals surface area contributed by atoms with Crippen molar-refractivity contribution < 1.29 is 0 Å². The standard InChI is InChI=1S/C32H35ClS8/c1-5-34-29-30(35-6-2)39-27(38-29)24-15-20-9-11-21(12-10-20)16-25(19-23-14-13-22(17-24)18-26(23)33)28-40-31(36-7-3)32(41-28)37-8-4/h9-14,18H,5-8,15-17,19H2,1-4H3. The van der Waals surface area contributed by atoms with Crippen molar-refractivity contribution in [2.75, 3.05) is 23.0 Å². The number of thioether (sulfide) groups is 8. The summed E-state index contributed by atoms with van der Waals surface area (Å²) in [6.07, 6.45) is 3.76. The van der Waals surface area contributed by atoms with E-state index in [2.05, 4.69) is 70.2 Å². The SMILES string of the molecule is CCSC1=C(SCC)SC(=C2Cc3ccc(cc3)CC(=C3SC(SCC)=C(SCC)S3)Cc3ccc(cc3Cl)C2)S1. The maximum Gasteiger partial charge on any atom is 0.0659 e. The van der Waals surface area contributed by atoms with Gasteiger partial charge < -0.3 is 0 Å². The minimum atomic E-state index is 0.892. The molecule has 0 saturated heterocycles. The van der Waals surface area contributed by atoms with Crippen molar-refractivity contribution >= 4 is 106 Å². The van der Waals surface area contributed by atoms with E-state index in [4.69, 9.17) is 11.6 Å². The van der Waals surface area contributed by atoms with Crippen LogP contribution in [0.4, 0.5) is 0 Å². The summed E-state index contributed by atoms with van der Waals surface area (Å²) in [5.74, 6) is 4.44. The number of benzene rings is 2. The molecular weight excluding hydrogens is 676 g/mol. The summed E-state index contributed by atoms with van der Waals surface area (Å²) in [6.45, 7) is 9.01. The molecule has 9 heteroatoms. The van der Waals surface area contributed by atoms with Gasteiger partial charge in [0.2, 0.25) is 0 Å². The van der Waals surface area contributed by atoms with Crippen LogP contribution in [0, 0.1) is 0 Å². The van der Waals surface area contributed by atoms with Gasteiger partial charge in [0.25, 0.3) is 0 Å². The average Bonchev–Trinajstić information content (AvgIpc) is 3.55. The fourth-order valence-corrected chi connectivity index (χ4v) is 16.4. The summed E-state index contributed by atoms with van der Waals surface area (Å²) in [4.78, 5) is 0. The van der Waals surface area contributed by atoms with Gasteiger partial charge in [0.05, 0.1) is 25.4 Å². The Morgan fingerprint density at radius 2 is 0.902 bits per heavy atom. The van der Waals surface area contributed by atoms with E-state index in [9.17, 15) is 0 Å². The normalized spacial score (nSPS) is 18.0. The Morgan fingerprint density at radius 3 is 1.29 bits per heavy atom. The van der Waals surface area contributed by atoms with Crippen molar-refractivity contribution in [1.29, 1.82) is 0 Å². The van der Waals surface area contributed by atoms with E-state index in [1.54, 1.807) is 0 Å². The van der Waals surface area contributed by atoms with Gasteiger partial charge in [0.1, 0.15) is 0 Å². The first kappa shape index (κ1) is 32.9. The van der Waals surface area contributed by atoms with Gasteiger partial charge in [-0.25, -0.2) is 0 Å². The Kier molecular flexibility index (Phi) is 13.0. The van der Waals surface area contributed by atoms with Crippen LogP contribution in [0.3, 0.4) is 0 Å². The van der Waals surface area contributed by atoms with Crippen LogP contribution >= 0.6 is 106 Å². The van der Waals surface area contributed by atoms with Gasteiger partial charge in [-0.15, -0.1) is 47.0 Å². The van der Waals surface area contributed by atoms with Gasteiger partial charge in [-0.2, -0.15) is 0 Å². The zero-order valence-corrected chi connectivity index (χ0v) is 31.1. The largest absolute Gasteiger partial charge is 0.118 e. The molecule has 8 rings (SSSR count). The molecule has 0 nitrogen and oxygen atoms in total. The lowest BCUT2D eigenvalue weighted by atomic mass is 9.93. The second kappa shape index (κ2) is 16.2. The lowest BCUT2D eigenvalue weighted by Gasteiger charge is -2.17. The first-order valence-corrected chi connectivity index (χ1v) is 21.6. The van der Waals surface area contributed by atoms with Crippen LogP contribution in [-0.2, 0) is 25.7 Å². The molecular formula is C32H35ClS8. The first-order valence-electron chi connectivity index (χ1n) is 14.0. The van der Waals surface area contributed by atoms with E-state index in [0.717, 1.165) is 53.7 Å². The summed E-state index contributed by atoms with van der Waals surface area (Å²) in [5, 5.41) is 0.900. The first-order chi connectivity index (χ1) is 20.0. The molecule has 41 heavy (non-hydrogen) atoms. The highest BCUT2D eigenvalue weighted by atomic mass is 35.5. The fraction of sp³-hybridized carbons (Fsp3) is 0.375. The molecule has 0 amide bonds. The number of allylic oxidation sites excluding steroid dienone is 2. The third kappa shape index (κ3) is 8.61. The zero-order valence-electron chi connectivity index (χ0n) is 23.8. The predicted molar refractivity (Wildman–Crippen MR) is 204 cm³/mol. The number of hydrogen-bond donors (Lipinski definition) is 0. The topological polar surface area (TPSA) is 0 Å². The van der Waals surface area contributed by atoms with Gasteiger partial charge in [-0.3, -0.25) is 0 Å². The van der Waals surface area contributed by atoms with Crippen molar-refractivity contribution in [2.24, 2.45) is 0 Å². The number of rotatable bonds is 8. The van der Waals surface area contributed by atoms with Crippen molar-refractivity contribution in [3.63, 3.8) is 0 Å². The van der Waals surface area contributed by atoms with Crippen molar-refractivity contribution in [2.45, 2.75) is 53.4 Å². The van der Waals surface area contributed by atoms with Crippen LogP contribution in [0.25, 0.3) is 0 Å². The summed E-state index contributed by atoms with van der Waals surface area (Å²) < 4.78 is 8.82. The second-order valence-corrected chi connectivity index (χ2v) is 20.7. The monoisotopic (exact) mass is 710 g/mol. The van der Waals surface area contributed by atoms with Crippen LogP contribution in [0.1, 0.15) is 49.9 Å². The van der Waals surface area contributed by atoms with Crippen molar-refractivity contribution in [3.8, 4) is 0 Å². The molecule has 0 unspecified atom stereocenters. The van der Waals surface area contributed by atoms with Crippen LogP contribution < -0.4 is 0 Å². The third-order valence-electron chi connectivity index (χ3n) is 6.55. The van der Waals surface area contributed by atoms with Crippen LogP contribution in [-0.4, -0.2) is 23.0 Å². The molecule has 6 aliphatic rings. The van der Waals surface area contributed by atoms with E-state index in [0.29, 0.717) is 0 Å². The summed E-state index contributed by atoms with van der Waals surface area (Å²) in [6, 6.07) is 16.3. The molecule has 0 N–H and O–H groups in total. The molecule has 2 heterocycles. The molecule has 0 atom stereocenters. The van der Waals surface area contributed by atoms with E-state index in [1.165, 1.54) is 58.8 Å². The maximum atomic E-state index is 7.04. The van der Waals surface area contributed by atoms with E-state index in [1.807, 2.05) is 94.1 Å². The van der Waals surface area contributed by atoms with E-state index < -0.39 is 0 Å². The van der Waals surface area contributed by atoms with Crippen LogP contribution in [0.2, 0.25) is 5.02 Å². The van der Waals surface area contributed by atoms with E-state index >= 15 is 0 Å². The molecule has 4 aliphatic carbocycles. The molecule has 2 aromatic carbocycles. The second-order valence-electron chi connectivity index (χ2n) is 9.52. The predicted octanol–water partition coefficient (Wildman–Crippen LogP) is 12.9. The molecule has 4 bridgehead atoms. The zero-order chi connectivity index (χ0) is 28.8. The van der Waals surface area contributed by atoms with Crippen molar-refractivity contribution in [1.82, 2.24) is 0 Å². The summed E-state index contributed by atoms with van der Waals surface area (Å²) in [5.41, 5.74) is 8.30. The average molecular weight is 712 g/mol. The van der Waals surface area contributed by atoms with Gasteiger partial charge >= 0.3 is 0 Å². The highest BCUT2D eigenvalue weighted by molar-refractivity contribution is 8.41. The summed E-state index contributed by atoms with van der Waals surface area (Å²) >= 11 is 22.9. The molecule has 0 fully saturated rings. The molecule has 0 saturated carbocycles. The highest BCUT2D eigenvalue weighted by Gasteiger charge is 2.27. The highest BCUT2D eigenvalue weighted by Crippen LogP contribution is 2.59. The third-order valence-corrected chi connectivity index (χ3v) is 17.8. The van der Waals surface area contributed by atoms with Crippen molar-refractivity contribution in [3.05, 3.63) is 106 Å². The quantitative estimate of drug-likeness (QED) is 0.262. The molecule has 2 aliphatic heterocycles. The van der Waals surface area contributed by atoms with Gasteiger partial charge in [-0.1, -0.05) is 123 Å². The van der Waals surface area contributed by atoms with Crippen LogP contribution in [0.5, 0.6) is 0 Å². The van der Waals surface area contributed by atoms with Crippen LogP contribution in [0.15, 0.2) is 79.0 Å². The van der Waals surface area contributed by atoms with Gasteiger partial charge in [-0.05, 0) is 88.2 Å². The molecule has 218 valence electrons. The fourth-order valence-electron chi connectivity index (χ4n) is 4.71.